The third kappa shape index (κ3) is 3.55. The number of halogens is 1. The molecule has 1 nitrogen and oxygen atoms in total. The van der Waals surface area contributed by atoms with Crippen LogP contribution in [0.2, 0.25) is 0 Å². The van der Waals surface area contributed by atoms with E-state index in [2.05, 4.69) is 13.8 Å². The van der Waals surface area contributed by atoms with Crippen LogP contribution in [0.25, 0.3) is 0 Å². The third-order valence-corrected chi connectivity index (χ3v) is 4.26. The number of aliphatic hydroxyl groups excluding tert-OH is 1. The summed E-state index contributed by atoms with van der Waals surface area (Å²) < 4.78 is 13.1. The van der Waals surface area contributed by atoms with Crippen molar-refractivity contribution in [1.82, 2.24) is 0 Å². The van der Waals surface area contributed by atoms with Crippen molar-refractivity contribution in [3.8, 4) is 0 Å². The van der Waals surface area contributed by atoms with Gasteiger partial charge in [0.2, 0.25) is 0 Å². The summed E-state index contributed by atoms with van der Waals surface area (Å²) in [6.07, 6.45) is 4.77. The zero-order valence-electron chi connectivity index (χ0n) is 11.3. The highest BCUT2D eigenvalue weighted by molar-refractivity contribution is 5.17. The van der Waals surface area contributed by atoms with Gasteiger partial charge in [-0.1, -0.05) is 26.0 Å². The molecule has 1 aromatic carbocycles. The molecule has 0 saturated heterocycles. The lowest BCUT2D eigenvalue weighted by Crippen LogP contribution is -2.30. The maximum absolute atomic E-state index is 13.1. The van der Waals surface area contributed by atoms with Gasteiger partial charge in [-0.3, -0.25) is 0 Å². The van der Waals surface area contributed by atoms with Gasteiger partial charge < -0.3 is 5.11 Å². The molecule has 0 aliphatic heterocycles. The average molecular weight is 250 g/mol. The van der Waals surface area contributed by atoms with Gasteiger partial charge in [0.05, 0.1) is 6.10 Å². The van der Waals surface area contributed by atoms with Crippen LogP contribution in [0, 0.1) is 17.2 Å². The zero-order chi connectivity index (χ0) is 13.2. The molecular weight excluding hydrogens is 227 g/mol. The maximum Gasteiger partial charge on any atom is 0.123 e. The van der Waals surface area contributed by atoms with Crippen molar-refractivity contribution in [2.45, 2.75) is 52.1 Å². The number of hydrogen-bond acceptors (Lipinski definition) is 1. The summed E-state index contributed by atoms with van der Waals surface area (Å²) >= 11 is 0. The van der Waals surface area contributed by atoms with Crippen molar-refractivity contribution in [1.29, 1.82) is 0 Å². The van der Waals surface area contributed by atoms with E-state index in [0.29, 0.717) is 17.8 Å². The Kier molecular flexibility index (Phi) is 4.06. The molecule has 2 heteroatoms. The van der Waals surface area contributed by atoms with Gasteiger partial charge in [-0.25, -0.2) is 4.39 Å². The summed E-state index contributed by atoms with van der Waals surface area (Å²) in [6.45, 7) is 4.59. The molecule has 1 atom stereocenters. The highest BCUT2D eigenvalue weighted by Crippen LogP contribution is 2.39. The molecule has 1 aromatic rings. The molecule has 100 valence electrons. The molecule has 1 unspecified atom stereocenters. The summed E-state index contributed by atoms with van der Waals surface area (Å²) in [5, 5.41) is 10.3. The molecule has 1 N–H and O–H groups in total. The highest BCUT2D eigenvalue weighted by Gasteiger charge is 2.30. The topological polar surface area (TPSA) is 20.2 Å². The molecule has 1 saturated carbocycles. The summed E-state index contributed by atoms with van der Waals surface area (Å²) in [5.74, 6) is 0.158. The number of hydrogen-bond donors (Lipinski definition) is 1. The molecule has 2 rings (SSSR count). The third-order valence-electron chi connectivity index (χ3n) is 4.26. The van der Waals surface area contributed by atoms with Crippen LogP contribution in [-0.4, -0.2) is 11.2 Å². The molecule has 0 spiro atoms. The van der Waals surface area contributed by atoms with E-state index in [-0.39, 0.29) is 11.9 Å². The second-order valence-corrected chi connectivity index (χ2v) is 6.40. The summed E-state index contributed by atoms with van der Waals surface area (Å²) in [5.41, 5.74) is 1.32. The second kappa shape index (κ2) is 5.40. The van der Waals surface area contributed by atoms with Crippen LogP contribution in [0.15, 0.2) is 24.3 Å². The lowest BCUT2D eigenvalue weighted by atomic mass is 9.71. The van der Waals surface area contributed by atoms with Crippen molar-refractivity contribution in [3.05, 3.63) is 35.6 Å². The van der Waals surface area contributed by atoms with Crippen molar-refractivity contribution in [3.63, 3.8) is 0 Å². The number of aliphatic hydroxyl groups is 1. The van der Waals surface area contributed by atoms with Crippen molar-refractivity contribution >= 4 is 0 Å². The first-order valence-corrected chi connectivity index (χ1v) is 6.89. The van der Waals surface area contributed by atoms with Gasteiger partial charge in [-0.05, 0) is 61.1 Å². The standard InChI is InChI=1S/C16H23FO/c1-16(2)8-6-13(7-9-16)15(18)11-12-4-3-5-14(17)10-12/h3-5,10,13,15,18H,6-9,11H2,1-2H3. The Morgan fingerprint density at radius 2 is 2.00 bits per heavy atom. The minimum atomic E-state index is -0.331. The minimum absolute atomic E-state index is 0.218. The van der Waals surface area contributed by atoms with Gasteiger partial charge in [-0.2, -0.15) is 0 Å². The van der Waals surface area contributed by atoms with E-state index < -0.39 is 0 Å². The molecule has 0 bridgehead atoms. The summed E-state index contributed by atoms with van der Waals surface area (Å²) in [7, 11) is 0. The van der Waals surface area contributed by atoms with Crippen LogP contribution in [0.5, 0.6) is 0 Å². The Hall–Kier alpha value is -0.890. The van der Waals surface area contributed by atoms with Crippen molar-refractivity contribution < 1.29 is 9.50 Å². The van der Waals surface area contributed by atoms with Crippen LogP contribution in [0.1, 0.15) is 45.1 Å². The van der Waals surface area contributed by atoms with E-state index in [0.717, 1.165) is 18.4 Å². The SMILES string of the molecule is CC1(C)CCC(C(O)Cc2cccc(F)c2)CC1. The van der Waals surface area contributed by atoms with Gasteiger partial charge in [0.15, 0.2) is 0 Å². The van der Waals surface area contributed by atoms with Crippen LogP contribution in [0.3, 0.4) is 0 Å². The van der Waals surface area contributed by atoms with Crippen LogP contribution < -0.4 is 0 Å². The Labute approximate surface area is 109 Å². The van der Waals surface area contributed by atoms with E-state index in [1.165, 1.54) is 25.0 Å². The van der Waals surface area contributed by atoms with E-state index in [1.54, 1.807) is 6.07 Å². The predicted molar refractivity (Wildman–Crippen MR) is 71.8 cm³/mol. The summed E-state index contributed by atoms with van der Waals surface area (Å²) in [6, 6.07) is 6.56. The van der Waals surface area contributed by atoms with Gasteiger partial charge in [0.25, 0.3) is 0 Å². The molecule has 0 aromatic heterocycles. The smallest absolute Gasteiger partial charge is 0.123 e. The Balaban J connectivity index is 1.91. The minimum Gasteiger partial charge on any atom is -0.392 e. The van der Waals surface area contributed by atoms with E-state index in [4.69, 9.17) is 0 Å². The van der Waals surface area contributed by atoms with E-state index in [1.807, 2.05) is 6.07 Å². The molecule has 0 radical (unpaired) electrons. The molecule has 0 amide bonds. The molecule has 18 heavy (non-hydrogen) atoms. The average Bonchev–Trinajstić information content (AvgIpc) is 2.28. The Morgan fingerprint density at radius 3 is 2.61 bits per heavy atom. The molecule has 1 fully saturated rings. The van der Waals surface area contributed by atoms with Crippen molar-refractivity contribution in [2.75, 3.05) is 0 Å². The molecule has 1 aliphatic rings. The van der Waals surface area contributed by atoms with Crippen LogP contribution >= 0.6 is 0 Å². The molecule has 1 aliphatic carbocycles. The quantitative estimate of drug-likeness (QED) is 0.861. The normalized spacial score (nSPS) is 21.8. The van der Waals surface area contributed by atoms with Gasteiger partial charge >= 0.3 is 0 Å². The molecular formula is C16H23FO. The van der Waals surface area contributed by atoms with Gasteiger partial charge in [0, 0.05) is 0 Å². The number of benzene rings is 1. The Morgan fingerprint density at radius 1 is 1.33 bits per heavy atom. The lowest BCUT2D eigenvalue weighted by Gasteiger charge is -2.36. The number of rotatable bonds is 3. The zero-order valence-corrected chi connectivity index (χ0v) is 11.3. The van der Waals surface area contributed by atoms with Crippen LogP contribution in [-0.2, 0) is 6.42 Å². The fraction of sp³-hybridized carbons (Fsp3) is 0.625. The van der Waals surface area contributed by atoms with E-state index >= 15 is 0 Å². The largest absolute Gasteiger partial charge is 0.392 e. The fourth-order valence-electron chi connectivity index (χ4n) is 2.88. The first-order chi connectivity index (χ1) is 8.46. The Bertz CT molecular complexity index is 390. The highest BCUT2D eigenvalue weighted by atomic mass is 19.1. The van der Waals surface area contributed by atoms with E-state index in [9.17, 15) is 9.50 Å². The second-order valence-electron chi connectivity index (χ2n) is 6.40. The van der Waals surface area contributed by atoms with Crippen molar-refractivity contribution in [2.24, 2.45) is 11.3 Å². The maximum atomic E-state index is 13.1. The monoisotopic (exact) mass is 250 g/mol. The fourth-order valence-corrected chi connectivity index (χ4v) is 2.88. The molecule has 0 heterocycles. The van der Waals surface area contributed by atoms with Gasteiger partial charge in [0.1, 0.15) is 5.82 Å². The van der Waals surface area contributed by atoms with Gasteiger partial charge in [-0.15, -0.1) is 0 Å². The first-order valence-electron chi connectivity index (χ1n) is 6.89. The first kappa shape index (κ1) is 13.5. The predicted octanol–water partition coefficient (Wildman–Crippen LogP) is 3.95. The van der Waals surface area contributed by atoms with Crippen LogP contribution in [0.4, 0.5) is 4.39 Å². The lowest BCUT2D eigenvalue weighted by molar-refractivity contribution is 0.0576. The summed E-state index contributed by atoms with van der Waals surface area (Å²) in [4.78, 5) is 0.